The summed E-state index contributed by atoms with van der Waals surface area (Å²) in [6.07, 6.45) is 1.64. The van der Waals surface area contributed by atoms with Crippen LogP contribution in [0.1, 0.15) is 0 Å². The van der Waals surface area contributed by atoms with E-state index in [9.17, 15) is 0 Å². The van der Waals surface area contributed by atoms with E-state index in [1.807, 2.05) is 0 Å². The molecule has 1 aromatic heterocycles. The van der Waals surface area contributed by atoms with Gasteiger partial charge in [-0.2, -0.15) is 0 Å². The van der Waals surface area contributed by atoms with Crippen molar-refractivity contribution >= 4 is 53.6 Å². The summed E-state index contributed by atoms with van der Waals surface area (Å²) in [7, 11) is 0. The molecule has 2 nitrogen and oxygen atoms in total. The van der Waals surface area contributed by atoms with Crippen LogP contribution in [0.15, 0.2) is 19.6 Å². The van der Waals surface area contributed by atoms with Crippen molar-refractivity contribution in [3.63, 3.8) is 0 Å². The number of rotatable bonds is 0. The molecule has 0 amide bonds. The third-order valence-corrected chi connectivity index (χ3v) is 4.24. The Morgan fingerprint density at radius 1 is 1.20 bits per heavy atom. The number of nitrogens with zero attached hydrogens (tertiary/aromatic N) is 1. The van der Waals surface area contributed by atoms with Crippen molar-refractivity contribution in [3.8, 4) is 0 Å². The minimum absolute atomic E-state index is 0.482. The number of nitrogens with two attached hydrogens (primary N) is 1. The van der Waals surface area contributed by atoms with Crippen LogP contribution in [0.2, 0.25) is 0 Å². The molecule has 0 fully saturated rings. The second-order valence-corrected chi connectivity index (χ2v) is 4.06. The normalized spacial score (nSPS) is 9.90. The zero-order valence-electron chi connectivity index (χ0n) is 4.74. The molecule has 1 rings (SSSR count). The molecule has 0 radical (unpaired) electrons. The Kier molecular flexibility index (Phi) is 2.71. The molecule has 1 aromatic rings. The van der Waals surface area contributed by atoms with Gasteiger partial charge in [-0.15, -0.1) is 0 Å². The summed E-state index contributed by atoms with van der Waals surface area (Å²) in [5.41, 5.74) is 5.48. The van der Waals surface area contributed by atoms with Gasteiger partial charge in [-0.1, -0.05) is 0 Å². The van der Waals surface area contributed by atoms with Crippen LogP contribution in [-0.4, -0.2) is 4.98 Å². The Morgan fingerprint density at radius 3 is 2.30 bits per heavy atom. The molecule has 5 heteroatoms. The average Bonchev–Trinajstić information content (AvgIpc) is 1.93. The average molecular weight is 331 g/mol. The summed E-state index contributed by atoms with van der Waals surface area (Å²) in [6.45, 7) is 0. The molecule has 0 bridgehead atoms. The molecule has 10 heavy (non-hydrogen) atoms. The summed E-state index contributed by atoms with van der Waals surface area (Å²) in [4.78, 5) is 3.89. The highest BCUT2D eigenvalue weighted by Crippen LogP contribution is 2.32. The van der Waals surface area contributed by atoms with Crippen molar-refractivity contribution < 1.29 is 0 Å². The van der Waals surface area contributed by atoms with Crippen molar-refractivity contribution in [1.29, 1.82) is 0 Å². The Balaban J connectivity index is 3.34. The van der Waals surface area contributed by atoms with Gasteiger partial charge >= 0.3 is 0 Å². The first-order valence-corrected chi connectivity index (χ1v) is 4.76. The monoisotopic (exact) mass is 328 g/mol. The first-order valence-electron chi connectivity index (χ1n) is 2.38. The number of nitrogen functional groups attached to an aromatic ring is 1. The summed E-state index contributed by atoms with van der Waals surface area (Å²) in [5, 5.41) is 0. The summed E-state index contributed by atoms with van der Waals surface area (Å²) in [5.74, 6) is 0.482. The van der Waals surface area contributed by atoms with Gasteiger partial charge in [0.1, 0.15) is 5.82 Å². The third-order valence-electron chi connectivity index (χ3n) is 0.944. The number of hydrogen-bond acceptors (Lipinski definition) is 2. The van der Waals surface area contributed by atoms with E-state index in [4.69, 9.17) is 5.73 Å². The van der Waals surface area contributed by atoms with E-state index in [-0.39, 0.29) is 0 Å². The number of aromatic nitrogens is 1. The van der Waals surface area contributed by atoms with Crippen LogP contribution in [0.5, 0.6) is 0 Å². The Morgan fingerprint density at radius 2 is 1.80 bits per heavy atom. The van der Waals surface area contributed by atoms with Crippen LogP contribution in [0.25, 0.3) is 0 Å². The first-order chi connectivity index (χ1) is 4.63. The van der Waals surface area contributed by atoms with E-state index >= 15 is 0 Å². The molecule has 0 aliphatic heterocycles. The lowest BCUT2D eigenvalue weighted by Crippen LogP contribution is -1.91. The molecule has 0 aliphatic rings. The van der Waals surface area contributed by atoms with E-state index in [0.717, 1.165) is 13.4 Å². The summed E-state index contributed by atoms with van der Waals surface area (Å²) >= 11 is 9.87. The second kappa shape index (κ2) is 3.19. The smallest absolute Gasteiger partial charge is 0.138 e. The van der Waals surface area contributed by atoms with Gasteiger partial charge in [-0.05, 0) is 47.8 Å². The van der Waals surface area contributed by atoms with Crippen molar-refractivity contribution in [2.24, 2.45) is 0 Å². The minimum atomic E-state index is 0.482. The van der Waals surface area contributed by atoms with E-state index in [1.165, 1.54) is 0 Å². The van der Waals surface area contributed by atoms with Crippen LogP contribution in [-0.2, 0) is 0 Å². The predicted molar refractivity (Wildman–Crippen MR) is 51.7 cm³/mol. The van der Waals surface area contributed by atoms with Gasteiger partial charge in [-0.25, -0.2) is 4.98 Å². The summed E-state index contributed by atoms with van der Waals surface area (Å²) < 4.78 is 2.55. The van der Waals surface area contributed by atoms with Crippen molar-refractivity contribution in [3.05, 3.63) is 19.6 Å². The molecule has 2 N–H and O–H groups in total. The highest BCUT2D eigenvalue weighted by molar-refractivity contribution is 9.14. The van der Waals surface area contributed by atoms with Crippen LogP contribution in [0, 0.1) is 0 Å². The molecule has 0 spiro atoms. The van der Waals surface area contributed by atoms with Crippen LogP contribution in [0.4, 0.5) is 5.82 Å². The predicted octanol–water partition coefficient (Wildman–Crippen LogP) is 2.95. The highest BCUT2D eigenvalue weighted by Gasteiger charge is 2.04. The molecule has 0 aromatic carbocycles. The van der Waals surface area contributed by atoms with Crippen LogP contribution >= 0.6 is 47.8 Å². The molecular formula is C5H3Br3N2. The van der Waals surface area contributed by atoms with E-state index < -0.39 is 0 Å². The molecule has 54 valence electrons. The van der Waals surface area contributed by atoms with E-state index in [0.29, 0.717) is 5.82 Å². The Hall–Kier alpha value is 0.390. The maximum absolute atomic E-state index is 5.48. The highest BCUT2D eigenvalue weighted by atomic mass is 79.9. The number of anilines is 1. The second-order valence-electron chi connectivity index (χ2n) is 1.62. The SMILES string of the molecule is Nc1ncc(Br)c(Br)c1Br. The maximum atomic E-state index is 5.48. The van der Waals surface area contributed by atoms with Crippen molar-refractivity contribution in [1.82, 2.24) is 4.98 Å². The molecular weight excluding hydrogens is 328 g/mol. The van der Waals surface area contributed by atoms with Gasteiger partial charge in [0, 0.05) is 6.20 Å². The van der Waals surface area contributed by atoms with Gasteiger partial charge in [0.25, 0.3) is 0 Å². The molecule has 0 aliphatic carbocycles. The van der Waals surface area contributed by atoms with Crippen LogP contribution in [0.3, 0.4) is 0 Å². The number of hydrogen-bond donors (Lipinski definition) is 1. The quantitative estimate of drug-likeness (QED) is 0.794. The lowest BCUT2D eigenvalue weighted by atomic mass is 10.5. The topological polar surface area (TPSA) is 38.9 Å². The minimum Gasteiger partial charge on any atom is -0.383 e. The first kappa shape index (κ1) is 8.49. The van der Waals surface area contributed by atoms with Gasteiger partial charge in [-0.3, -0.25) is 0 Å². The summed E-state index contributed by atoms with van der Waals surface area (Å²) in [6, 6.07) is 0. The van der Waals surface area contributed by atoms with Crippen molar-refractivity contribution in [2.45, 2.75) is 0 Å². The van der Waals surface area contributed by atoms with Gasteiger partial charge in [0.15, 0.2) is 0 Å². The zero-order chi connectivity index (χ0) is 7.72. The number of pyridine rings is 1. The fourth-order valence-electron chi connectivity index (χ4n) is 0.457. The van der Waals surface area contributed by atoms with Crippen molar-refractivity contribution in [2.75, 3.05) is 5.73 Å². The van der Waals surface area contributed by atoms with Gasteiger partial charge in [0.2, 0.25) is 0 Å². The molecule has 0 saturated heterocycles. The fraction of sp³-hybridized carbons (Fsp3) is 0. The van der Waals surface area contributed by atoms with Gasteiger partial charge < -0.3 is 5.73 Å². The Bertz CT molecular complexity index is 234. The van der Waals surface area contributed by atoms with E-state index in [2.05, 4.69) is 52.8 Å². The molecule has 0 unspecified atom stereocenters. The lowest BCUT2D eigenvalue weighted by Gasteiger charge is -2.00. The molecule has 1 heterocycles. The van der Waals surface area contributed by atoms with Gasteiger partial charge in [0.05, 0.1) is 13.4 Å². The molecule has 0 saturated carbocycles. The zero-order valence-corrected chi connectivity index (χ0v) is 9.49. The third kappa shape index (κ3) is 1.52. The standard InChI is InChI=1S/C5H3Br3N2/c6-2-1-10-5(9)4(8)3(2)7/h1H,(H2,9,10). The van der Waals surface area contributed by atoms with Crippen LogP contribution < -0.4 is 5.73 Å². The largest absolute Gasteiger partial charge is 0.383 e. The Labute approximate surface area is 83.6 Å². The van der Waals surface area contributed by atoms with E-state index in [1.54, 1.807) is 6.20 Å². The fourth-order valence-corrected chi connectivity index (χ4v) is 1.64. The number of halogens is 3. The lowest BCUT2D eigenvalue weighted by molar-refractivity contribution is 1.28. The molecule has 0 atom stereocenters. The maximum Gasteiger partial charge on any atom is 0.138 e.